The first-order valence-electron chi connectivity index (χ1n) is 5.53. The van der Waals surface area contributed by atoms with Crippen molar-refractivity contribution in [2.75, 3.05) is 11.1 Å². The Morgan fingerprint density at radius 1 is 1.26 bits per heavy atom. The molecule has 0 aromatic heterocycles. The molecule has 3 nitrogen and oxygen atoms in total. The highest BCUT2D eigenvalue weighted by molar-refractivity contribution is 9.10. The number of carbonyl (C=O) groups is 1. The third-order valence-corrected chi connectivity index (χ3v) is 3.04. The summed E-state index contributed by atoms with van der Waals surface area (Å²) in [6, 6.07) is 12.2. The molecule has 4 heteroatoms. The van der Waals surface area contributed by atoms with Crippen molar-refractivity contribution in [3.8, 4) is 12.3 Å². The third-order valence-electron chi connectivity index (χ3n) is 2.55. The number of halogens is 1. The van der Waals surface area contributed by atoms with Crippen LogP contribution in [0.2, 0.25) is 0 Å². The minimum atomic E-state index is -0.270. The highest BCUT2D eigenvalue weighted by Gasteiger charge is 2.10. The number of benzene rings is 2. The summed E-state index contributed by atoms with van der Waals surface area (Å²) in [5.41, 5.74) is 7.98. The van der Waals surface area contributed by atoms with E-state index in [2.05, 4.69) is 27.2 Å². The molecular formula is C15H11BrN2O. The maximum Gasteiger partial charge on any atom is 0.257 e. The first-order chi connectivity index (χ1) is 9.10. The molecule has 0 bridgehead atoms. The normalized spacial score (nSPS) is 9.68. The molecule has 0 aliphatic heterocycles. The number of anilines is 2. The van der Waals surface area contributed by atoms with Gasteiger partial charge in [0.25, 0.3) is 5.91 Å². The number of carbonyl (C=O) groups excluding carboxylic acids is 1. The lowest BCUT2D eigenvalue weighted by atomic mass is 10.1. The molecule has 0 radical (unpaired) electrons. The molecule has 3 N–H and O–H groups in total. The summed E-state index contributed by atoms with van der Waals surface area (Å²) in [6.45, 7) is 0. The summed E-state index contributed by atoms with van der Waals surface area (Å²) in [6.07, 6.45) is 5.32. The average Bonchev–Trinajstić information content (AvgIpc) is 2.41. The van der Waals surface area contributed by atoms with Gasteiger partial charge in [-0.05, 0) is 36.4 Å². The molecule has 0 saturated heterocycles. The van der Waals surface area contributed by atoms with Crippen molar-refractivity contribution in [3.05, 3.63) is 58.1 Å². The van der Waals surface area contributed by atoms with Crippen LogP contribution in [0.25, 0.3) is 0 Å². The fourth-order valence-electron chi connectivity index (χ4n) is 1.61. The number of nitrogens with one attached hydrogen (secondary N) is 1. The smallest absolute Gasteiger partial charge is 0.257 e. The van der Waals surface area contributed by atoms with Crippen molar-refractivity contribution in [2.24, 2.45) is 0 Å². The van der Waals surface area contributed by atoms with Gasteiger partial charge in [-0.25, -0.2) is 0 Å². The second-order valence-corrected chi connectivity index (χ2v) is 4.83. The van der Waals surface area contributed by atoms with E-state index in [0.29, 0.717) is 22.5 Å². The van der Waals surface area contributed by atoms with Gasteiger partial charge in [0.05, 0.1) is 5.56 Å². The van der Waals surface area contributed by atoms with Crippen molar-refractivity contribution in [2.45, 2.75) is 0 Å². The first kappa shape index (κ1) is 13.2. The molecule has 0 aliphatic carbocycles. The van der Waals surface area contributed by atoms with Crippen molar-refractivity contribution in [3.63, 3.8) is 0 Å². The fourth-order valence-corrected chi connectivity index (χ4v) is 1.97. The van der Waals surface area contributed by atoms with Crippen molar-refractivity contribution in [1.82, 2.24) is 0 Å². The topological polar surface area (TPSA) is 55.1 Å². The summed E-state index contributed by atoms with van der Waals surface area (Å²) >= 11 is 3.31. The summed E-state index contributed by atoms with van der Waals surface area (Å²) in [5, 5.41) is 2.77. The summed E-state index contributed by atoms with van der Waals surface area (Å²) in [5.74, 6) is 2.25. The van der Waals surface area contributed by atoms with E-state index in [4.69, 9.17) is 12.2 Å². The molecule has 94 valence electrons. The lowest BCUT2D eigenvalue weighted by Gasteiger charge is -2.08. The van der Waals surface area contributed by atoms with Crippen LogP contribution in [0.15, 0.2) is 46.9 Å². The van der Waals surface area contributed by atoms with Crippen LogP contribution in [0.4, 0.5) is 11.4 Å². The van der Waals surface area contributed by atoms with E-state index in [1.54, 1.807) is 42.5 Å². The molecule has 0 spiro atoms. The van der Waals surface area contributed by atoms with E-state index in [1.165, 1.54) is 0 Å². The Labute approximate surface area is 120 Å². The molecule has 2 aromatic rings. The summed E-state index contributed by atoms with van der Waals surface area (Å²) in [7, 11) is 0. The minimum absolute atomic E-state index is 0.270. The Hall–Kier alpha value is -2.25. The zero-order valence-corrected chi connectivity index (χ0v) is 11.6. The lowest BCUT2D eigenvalue weighted by Crippen LogP contribution is -2.14. The van der Waals surface area contributed by atoms with Gasteiger partial charge in [0, 0.05) is 21.4 Å². The second kappa shape index (κ2) is 5.59. The van der Waals surface area contributed by atoms with Crippen molar-refractivity contribution in [1.29, 1.82) is 0 Å². The van der Waals surface area contributed by atoms with Gasteiger partial charge in [-0.1, -0.05) is 27.9 Å². The van der Waals surface area contributed by atoms with Crippen LogP contribution in [0, 0.1) is 12.3 Å². The molecule has 0 aliphatic rings. The van der Waals surface area contributed by atoms with Crippen LogP contribution in [0.1, 0.15) is 15.9 Å². The van der Waals surface area contributed by atoms with Crippen LogP contribution < -0.4 is 11.1 Å². The molecule has 0 saturated carbocycles. The van der Waals surface area contributed by atoms with E-state index < -0.39 is 0 Å². The highest BCUT2D eigenvalue weighted by atomic mass is 79.9. The number of nitrogen functional groups attached to an aromatic ring is 1. The Bertz CT molecular complexity index is 674. The lowest BCUT2D eigenvalue weighted by molar-refractivity contribution is 0.102. The van der Waals surface area contributed by atoms with Gasteiger partial charge in [-0.3, -0.25) is 4.79 Å². The molecule has 0 atom stereocenters. The van der Waals surface area contributed by atoms with Gasteiger partial charge in [0.1, 0.15) is 0 Å². The number of hydrogen-bond donors (Lipinski definition) is 2. The van der Waals surface area contributed by atoms with Crippen LogP contribution in [-0.4, -0.2) is 5.91 Å². The Kier molecular flexibility index (Phi) is 3.88. The molecule has 0 fully saturated rings. The van der Waals surface area contributed by atoms with Gasteiger partial charge in [-0.15, -0.1) is 6.42 Å². The molecule has 19 heavy (non-hydrogen) atoms. The van der Waals surface area contributed by atoms with Gasteiger partial charge in [-0.2, -0.15) is 0 Å². The third kappa shape index (κ3) is 3.15. The fraction of sp³-hybridized carbons (Fsp3) is 0. The first-order valence-corrected chi connectivity index (χ1v) is 6.32. The van der Waals surface area contributed by atoms with E-state index >= 15 is 0 Å². The monoisotopic (exact) mass is 314 g/mol. The maximum absolute atomic E-state index is 12.1. The molecular weight excluding hydrogens is 304 g/mol. The van der Waals surface area contributed by atoms with Gasteiger partial charge < -0.3 is 11.1 Å². The highest BCUT2D eigenvalue weighted by Crippen LogP contribution is 2.20. The van der Waals surface area contributed by atoms with Gasteiger partial charge >= 0.3 is 0 Å². The molecule has 0 heterocycles. The van der Waals surface area contributed by atoms with Crippen LogP contribution >= 0.6 is 15.9 Å². The number of terminal acetylenes is 1. The number of hydrogen-bond acceptors (Lipinski definition) is 2. The van der Waals surface area contributed by atoms with E-state index in [9.17, 15) is 4.79 Å². The van der Waals surface area contributed by atoms with Crippen LogP contribution in [0.5, 0.6) is 0 Å². The predicted octanol–water partition coefficient (Wildman–Crippen LogP) is 3.26. The largest absolute Gasteiger partial charge is 0.398 e. The SMILES string of the molecule is C#Cc1cccc(NC(=O)c2cc(Br)ccc2N)c1. The van der Waals surface area contributed by atoms with Gasteiger partial charge in [0.2, 0.25) is 0 Å². The predicted molar refractivity (Wildman–Crippen MR) is 80.9 cm³/mol. The number of nitrogens with two attached hydrogens (primary N) is 1. The zero-order valence-electron chi connectivity index (χ0n) is 9.98. The quantitative estimate of drug-likeness (QED) is 0.660. The Balaban J connectivity index is 2.26. The van der Waals surface area contributed by atoms with E-state index in [-0.39, 0.29) is 5.91 Å². The molecule has 2 aromatic carbocycles. The molecule has 1 amide bonds. The second-order valence-electron chi connectivity index (χ2n) is 3.91. The molecule has 0 unspecified atom stereocenters. The Morgan fingerprint density at radius 2 is 2.05 bits per heavy atom. The van der Waals surface area contributed by atoms with Gasteiger partial charge in [0.15, 0.2) is 0 Å². The maximum atomic E-state index is 12.1. The minimum Gasteiger partial charge on any atom is -0.398 e. The van der Waals surface area contributed by atoms with Crippen LogP contribution in [0.3, 0.4) is 0 Å². The zero-order chi connectivity index (χ0) is 13.8. The van der Waals surface area contributed by atoms with Crippen molar-refractivity contribution < 1.29 is 4.79 Å². The molecule has 2 rings (SSSR count). The summed E-state index contributed by atoms with van der Waals surface area (Å²) in [4.78, 5) is 12.1. The number of rotatable bonds is 2. The van der Waals surface area contributed by atoms with Crippen LogP contribution in [-0.2, 0) is 0 Å². The van der Waals surface area contributed by atoms with E-state index in [1.807, 2.05) is 0 Å². The average molecular weight is 315 g/mol. The summed E-state index contributed by atoms with van der Waals surface area (Å²) < 4.78 is 0.796. The standard InChI is InChI=1S/C15H11BrN2O/c1-2-10-4-3-5-12(8-10)18-15(19)13-9-11(16)6-7-14(13)17/h1,3-9H,17H2,(H,18,19). The number of amides is 1. The Morgan fingerprint density at radius 3 is 2.79 bits per heavy atom. The van der Waals surface area contributed by atoms with E-state index in [0.717, 1.165) is 4.47 Å². The van der Waals surface area contributed by atoms with Crippen molar-refractivity contribution >= 4 is 33.2 Å².